The van der Waals surface area contributed by atoms with Crippen LogP contribution in [-0.2, 0) is 0 Å². The molecule has 0 atom stereocenters. The van der Waals surface area contributed by atoms with Crippen molar-refractivity contribution in [1.82, 2.24) is 5.43 Å². The van der Waals surface area contributed by atoms with Crippen LogP contribution >= 0.6 is 0 Å². The van der Waals surface area contributed by atoms with Crippen LogP contribution < -0.4 is 19.6 Å². The average Bonchev–Trinajstić information content (AvgIpc) is 2.61. The maximum Gasteiger partial charge on any atom is 0.271 e. The van der Waals surface area contributed by atoms with Gasteiger partial charge in [-0.2, -0.15) is 5.10 Å². The number of fused-ring (bicyclic) bond motifs is 1. The van der Waals surface area contributed by atoms with Gasteiger partial charge in [0, 0.05) is 5.56 Å². The second-order valence-electron chi connectivity index (χ2n) is 4.83. The van der Waals surface area contributed by atoms with Gasteiger partial charge in [-0.15, -0.1) is 0 Å². The van der Waals surface area contributed by atoms with Crippen molar-refractivity contribution >= 4 is 12.1 Å². The summed E-state index contributed by atoms with van der Waals surface area (Å²) in [7, 11) is 1.60. The molecule has 0 aliphatic carbocycles. The molecule has 0 saturated heterocycles. The Hall–Kier alpha value is -3.02. The zero-order valence-corrected chi connectivity index (χ0v) is 12.6. The Bertz CT molecular complexity index is 743. The summed E-state index contributed by atoms with van der Waals surface area (Å²) in [4.78, 5) is 12.1. The van der Waals surface area contributed by atoms with Gasteiger partial charge in [0.25, 0.3) is 5.91 Å². The highest BCUT2D eigenvalue weighted by atomic mass is 16.6. The van der Waals surface area contributed by atoms with Gasteiger partial charge in [0.05, 0.1) is 13.3 Å². The number of nitrogens with one attached hydrogen (secondary N) is 1. The van der Waals surface area contributed by atoms with E-state index < -0.39 is 0 Å². The van der Waals surface area contributed by atoms with Gasteiger partial charge in [-0.05, 0) is 35.9 Å². The molecule has 0 fully saturated rings. The van der Waals surface area contributed by atoms with Gasteiger partial charge in [0.2, 0.25) is 0 Å². The molecule has 1 amide bonds. The number of ether oxygens (including phenoxy) is 3. The number of rotatable bonds is 4. The van der Waals surface area contributed by atoms with E-state index in [1.807, 2.05) is 24.3 Å². The first-order valence-corrected chi connectivity index (χ1v) is 7.13. The average molecular weight is 312 g/mol. The Morgan fingerprint density at radius 3 is 2.83 bits per heavy atom. The number of hydrogen-bond donors (Lipinski definition) is 1. The number of methoxy groups -OCH3 is 1. The quantitative estimate of drug-likeness (QED) is 0.694. The Morgan fingerprint density at radius 2 is 2.00 bits per heavy atom. The maximum atomic E-state index is 12.1. The largest absolute Gasteiger partial charge is 0.497 e. The Labute approximate surface area is 133 Å². The summed E-state index contributed by atoms with van der Waals surface area (Å²) < 4.78 is 16.0. The van der Waals surface area contributed by atoms with Crippen molar-refractivity contribution in [3.8, 4) is 17.2 Å². The molecule has 0 radical (unpaired) electrons. The number of hydrazone groups is 1. The van der Waals surface area contributed by atoms with Crippen molar-refractivity contribution in [3.05, 3.63) is 53.6 Å². The third kappa shape index (κ3) is 3.60. The van der Waals surface area contributed by atoms with Crippen molar-refractivity contribution < 1.29 is 19.0 Å². The molecule has 6 nitrogen and oxygen atoms in total. The van der Waals surface area contributed by atoms with E-state index in [0.29, 0.717) is 30.3 Å². The van der Waals surface area contributed by atoms with Crippen molar-refractivity contribution in [2.45, 2.75) is 0 Å². The lowest BCUT2D eigenvalue weighted by Crippen LogP contribution is -2.19. The monoisotopic (exact) mass is 312 g/mol. The van der Waals surface area contributed by atoms with Crippen molar-refractivity contribution in [2.24, 2.45) is 5.10 Å². The summed E-state index contributed by atoms with van der Waals surface area (Å²) in [5.41, 5.74) is 3.77. The van der Waals surface area contributed by atoms with Crippen LogP contribution in [0.15, 0.2) is 47.6 Å². The summed E-state index contributed by atoms with van der Waals surface area (Å²) in [6.45, 7) is 0.995. The number of hydrogen-bond acceptors (Lipinski definition) is 5. The number of benzene rings is 2. The summed E-state index contributed by atoms with van der Waals surface area (Å²) >= 11 is 0. The van der Waals surface area contributed by atoms with E-state index in [0.717, 1.165) is 11.3 Å². The summed E-state index contributed by atoms with van der Waals surface area (Å²) in [5.74, 6) is 1.63. The maximum absolute atomic E-state index is 12.1. The third-order valence-electron chi connectivity index (χ3n) is 3.28. The molecule has 3 rings (SSSR count). The van der Waals surface area contributed by atoms with E-state index in [1.54, 1.807) is 31.5 Å². The van der Waals surface area contributed by atoms with Crippen LogP contribution in [0.5, 0.6) is 17.2 Å². The lowest BCUT2D eigenvalue weighted by molar-refractivity contribution is 0.0954. The van der Waals surface area contributed by atoms with E-state index >= 15 is 0 Å². The Kier molecular flexibility index (Phi) is 4.42. The predicted octanol–water partition coefficient (Wildman–Crippen LogP) is 2.23. The van der Waals surface area contributed by atoms with Gasteiger partial charge in [0.1, 0.15) is 19.0 Å². The second-order valence-corrected chi connectivity index (χ2v) is 4.83. The van der Waals surface area contributed by atoms with Gasteiger partial charge in [0.15, 0.2) is 11.5 Å². The first-order chi connectivity index (χ1) is 11.3. The fourth-order valence-corrected chi connectivity index (χ4v) is 2.14. The molecule has 118 valence electrons. The van der Waals surface area contributed by atoms with Gasteiger partial charge < -0.3 is 14.2 Å². The topological polar surface area (TPSA) is 69.2 Å². The second kappa shape index (κ2) is 6.83. The van der Waals surface area contributed by atoms with Crippen LogP contribution in [0.2, 0.25) is 0 Å². The van der Waals surface area contributed by atoms with Crippen LogP contribution in [0, 0.1) is 0 Å². The number of carbonyl (C=O) groups is 1. The highest BCUT2D eigenvalue weighted by Crippen LogP contribution is 2.30. The molecule has 2 aromatic rings. The molecular weight excluding hydrogens is 296 g/mol. The van der Waals surface area contributed by atoms with E-state index in [9.17, 15) is 4.79 Å². The molecule has 1 heterocycles. The zero-order valence-electron chi connectivity index (χ0n) is 12.6. The third-order valence-corrected chi connectivity index (χ3v) is 3.28. The summed E-state index contributed by atoms with van der Waals surface area (Å²) in [6, 6.07) is 12.4. The molecule has 1 N–H and O–H groups in total. The van der Waals surface area contributed by atoms with Crippen molar-refractivity contribution in [2.75, 3.05) is 20.3 Å². The molecule has 0 unspecified atom stereocenters. The molecule has 23 heavy (non-hydrogen) atoms. The molecule has 0 aromatic heterocycles. The van der Waals surface area contributed by atoms with Crippen LogP contribution in [0.1, 0.15) is 15.9 Å². The molecule has 0 bridgehead atoms. The zero-order chi connectivity index (χ0) is 16.1. The van der Waals surface area contributed by atoms with E-state index in [-0.39, 0.29) is 5.91 Å². The standard InChI is InChI=1S/C17H16N2O4/c1-21-14-4-2-3-12(9-14)11-18-19-17(20)13-5-6-15-16(10-13)23-8-7-22-15/h2-6,9-11H,7-8H2,1H3,(H,19,20). The van der Waals surface area contributed by atoms with Gasteiger partial charge in [-0.1, -0.05) is 12.1 Å². The first-order valence-electron chi connectivity index (χ1n) is 7.13. The minimum atomic E-state index is -0.318. The normalized spacial score (nSPS) is 12.9. The molecule has 1 aliphatic rings. The number of amides is 1. The molecule has 0 spiro atoms. The molecule has 0 saturated carbocycles. The Balaban J connectivity index is 1.66. The van der Waals surface area contributed by atoms with E-state index in [4.69, 9.17) is 14.2 Å². The summed E-state index contributed by atoms with van der Waals surface area (Å²) in [5, 5.41) is 3.95. The first kappa shape index (κ1) is 14.9. The minimum Gasteiger partial charge on any atom is -0.497 e. The SMILES string of the molecule is COc1cccc(C=NNC(=O)c2ccc3c(c2)OCCO3)c1. The van der Waals surface area contributed by atoms with E-state index in [2.05, 4.69) is 10.5 Å². The van der Waals surface area contributed by atoms with Crippen molar-refractivity contribution in [3.63, 3.8) is 0 Å². The van der Waals surface area contributed by atoms with Crippen LogP contribution in [0.3, 0.4) is 0 Å². The van der Waals surface area contributed by atoms with Gasteiger partial charge in [-0.3, -0.25) is 4.79 Å². The summed E-state index contributed by atoms with van der Waals surface area (Å²) in [6.07, 6.45) is 1.55. The fourth-order valence-electron chi connectivity index (χ4n) is 2.14. The predicted molar refractivity (Wildman–Crippen MR) is 85.5 cm³/mol. The number of nitrogens with zero attached hydrogens (tertiary/aromatic N) is 1. The van der Waals surface area contributed by atoms with Gasteiger partial charge in [-0.25, -0.2) is 5.43 Å². The molecular formula is C17H16N2O4. The molecule has 6 heteroatoms. The van der Waals surface area contributed by atoms with E-state index in [1.165, 1.54) is 0 Å². The lowest BCUT2D eigenvalue weighted by Gasteiger charge is -2.18. The van der Waals surface area contributed by atoms with Crippen LogP contribution in [-0.4, -0.2) is 32.4 Å². The van der Waals surface area contributed by atoms with Crippen LogP contribution in [0.4, 0.5) is 0 Å². The fraction of sp³-hybridized carbons (Fsp3) is 0.176. The number of carbonyl (C=O) groups excluding carboxylic acids is 1. The Morgan fingerprint density at radius 1 is 1.17 bits per heavy atom. The highest BCUT2D eigenvalue weighted by molar-refractivity contribution is 5.95. The van der Waals surface area contributed by atoms with Gasteiger partial charge >= 0.3 is 0 Å². The highest BCUT2D eigenvalue weighted by Gasteiger charge is 2.14. The van der Waals surface area contributed by atoms with Crippen LogP contribution in [0.25, 0.3) is 0 Å². The lowest BCUT2D eigenvalue weighted by atomic mass is 10.2. The molecule has 2 aromatic carbocycles. The minimum absolute atomic E-state index is 0.318. The van der Waals surface area contributed by atoms with Crippen molar-refractivity contribution in [1.29, 1.82) is 0 Å². The smallest absolute Gasteiger partial charge is 0.271 e. The molecule has 1 aliphatic heterocycles.